The van der Waals surface area contributed by atoms with Crippen molar-refractivity contribution in [3.8, 4) is 0 Å². The summed E-state index contributed by atoms with van der Waals surface area (Å²) in [4.78, 5) is 0. The number of rotatable bonds is 7. The molecule has 0 bridgehead atoms. The first kappa shape index (κ1) is 18.5. The summed E-state index contributed by atoms with van der Waals surface area (Å²) in [6, 6.07) is 0. The summed E-state index contributed by atoms with van der Waals surface area (Å²) in [5.74, 6) is -11.4. The quantitative estimate of drug-likeness (QED) is 0.531. The standard InChI is InChI=1S/C12H19F7/c1-4-5-9(8(2)3)6-7-10(13,14)11(15,16)12(17,18)19/h8-9H,4-7H2,1-3H3. The van der Waals surface area contributed by atoms with Gasteiger partial charge in [-0.2, -0.15) is 30.7 Å². The summed E-state index contributed by atoms with van der Waals surface area (Å²) in [5.41, 5.74) is 0. The van der Waals surface area contributed by atoms with Crippen LogP contribution in [0.5, 0.6) is 0 Å². The number of halogens is 7. The van der Waals surface area contributed by atoms with Gasteiger partial charge in [0.1, 0.15) is 0 Å². The third kappa shape index (κ3) is 4.53. The molecule has 1 atom stereocenters. The van der Waals surface area contributed by atoms with Crippen LogP contribution in [0.1, 0.15) is 46.5 Å². The Morgan fingerprint density at radius 2 is 1.32 bits per heavy atom. The molecule has 0 fully saturated rings. The molecule has 0 radical (unpaired) electrons. The first-order valence-corrected chi connectivity index (χ1v) is 6.19. The molecule has 0 N–H and O–H groups in total. The average Bonchev–Trinajstić information content (AvgIpc) is 2.21. The number of alkyl halides is 7. The second-order valence-electron chi connectivity index (χ2n) is 5.11. The maximum Gasteiger partial charge on any atom is 0.459 e. The van der Waals surface area contributed by atoms with E-state index >= 15 is 0 Å². The van der Waals surface area contributed by atoms with E-state index < -0.39 is 24.4 Å². The highest BCUT2D eigenvalue weighted by Gasteiger charge is 2.72. The fraction of sp³-hybridized carbons (Fsp3) is 1.00. The zero-order chi connectivity index (χ0) is 15.5. The third-order valence-corrected chi connectivity index (χ3v) is 3.25. The Hall–Kier alpha value is -0.490. The van der Waals surface area contributed by atoms with E-state index in [0.29, 0.717) is 12.8 Å². The van der Waals surface area contributed by atoms with Crippen molar-refractivity contribution in [2.75, 3.05) is 0 Å². The lowest BCUT2D eigenvalue weighted by molar-refractivity contribution is -0.356. The van der Waals surface area contributed by atoms with Gasteiger partial charge in [0.05, 0.1) is 0 Å². The van der Waals surface area contributed by atoms with Crippen LogP contribution in [0.2, 0.25) is 0 Å². The topological polar surface area (TPSA) is 0 Å². The molecule has 0 aromatic carbocycles. The minimum absolute atomic E-state index is 0.0322. The van der Waals surface area contributed by atoms with Crippen LogP contribution < -0.4 is 0 Å². The number of hydrogen-bond donors (Lipinski definition) is 0. The summed E-state index contributed by atoms with van der Waals surface area (Å²) in [7, 11) is 0. The van der Waals surface area contributed by atoms with Gasteiger partial charge in [-0.25, -0.2) is 0 Å². The maximum atomic E-state index is 13.1. The molecule has 0 aliphatic heterocycles. The van der Waals surface area contributed by atoms with Crippen LogP contribution in [0.25, 0.3) is 0 Å². The van der Waals surface area contributed by atoms with E-state index in [0.717, 1.165) is 0 Å². The minimum Gasteiger partial charge on any atom is -0.200 e. The lowest BCUT2D eigenvalue weighted by Crippen LogP contribution is -2.52. The van der Waals surface area contributed by atoms with Crippen LogP contribution in [0.3, 0.4) is 0 Å². The van der Waals surface area contributed by atoms with Gasteiger partial charge in [0.2, 0.25) is 0 Å². The van der Waals surface area contributed by atoms with Gasteiger partial charge < -0.3 is 0 Å². The highest BCUT2D eigenvalue weighted by molar-refractivity contribution is 4.91. The largest absolute Gasteiger partial charge is 0.459 e. The molecular weight excluding hydrogens is 277 g/mol. The van der Waals surface area contributed by atoms with Crippen LogP contribution in [0, 0.1) is 11.8 Å². The monoisotopic (exact) mass is 296 g/mol. The predicted octanol–water partition coefficient (Wildman–Crippen LogP) is 5.67. The van der Waals surface area contributed by atoms with Gasteiger partial charge in [0.25, 0.3) is 0 Å². The molecule has 0 heterocycles. The van der Waals surface area contributed by atoms with E-state index in [9.17, 15) is 30.7 Å². The Bertz CT molecular complexity index is 268. The zero-order valence-electron chi connectivity index (χ0n) is 11.1. The minimum atomic E-state index is -6.23. The summed E-state index contributed by atoms with van der Waals surface area (Å²) in [6.07, 6.45) is -6.82. The molecule has 0 saturated carbocycles. The van der Waals surface area contributed by atoms with Crippen molar-refractivity contribution in [3.63, 3.8) is 0 Å². The third-order valence-electron chi connectivity index (χ3n) is 3.25. The summed E-state index contributed by atoms with van der Waals surface area (Å²) >= 11 is 0. The highest BCUT2D eigenvalue weighted by atomic mass is 19.4. The number of hydrogen-bond acceptors (Lipinski definition) is 0. The molecule has 7 heteroatoms. The van der Waals surface area contributed by atoms with Crippen molar-refractivity contribution in [1.82, 2.24) is 0 Å². The Morgan fingerprint density at radius 3 is 1.63 bits per heavy atom. The van der Waals surface area contributed by atoms with E-state index in [1.54, 1.807) is 20.8 Å². The maximum absolute atomic E-state index is 13.1. The van der Waals surface area contributed by atoms with Crippen molar-refractivity contribution in [2.24, 2.45) is 11.8 Å². The van der Waals surface area contributed by atoms with Gasteiger partial charge in [0.15, 0.2) is 0 Å². The molecule has 0 aliphatic rings. The van der Waals surface area contributed by atoms with Gasteiger partial charge in [-0.1, -0.05) is 33.6 Å². The first-order valence-electron chi connectivity index (χ1n) is 6.19. The van der Waals surface area contributed by atoms with Gasteiger partial charge in [-0.3, -0.25) is 0 Å². The van der Waals surface area contributed by atoms with Crippen molar-refractivity contribution < 1.29 is 30.7 Å². The van der Waals surface area contributed by atoms with Crippen molar-refractivity contribution in [3.05, 3.63) is 0 Å². The smallest absolute Gasteiger partial charge is 0.200 e. The summed E-state index contributed by atoms with van der Waals surface area (Å²) in [6.45, 7) is 5.28. The molecule has 0 nitrogen and oxygen atoms in total. The molecule has 116 valence electrons. The fourth-order valence-corrected chi connectivity index (χ4v) is 1.91. The molecule has 0 amide bonds. The Morgan fingerprint density at radius 1 is 0.842 bits per heavy atom. The molecule has 0 saturated heterocycles. The van der Waals surface area contributed by atoms with Crippen molar-refractivity contribution in [2.45, 2.75) is 64.5 Å². The van der Waals surface area contributed by atoms with E-state index in [4.69, 9.17) is 0 Å². The second-order valence-corrected chi connectivity index (χ2v) is 5.11. The Kier molecular flexibility index (Phi) is 6.14. The van der Waals surface area contributed by atoms with Crippen molar-refractivity contribution in [1.29, 1.82) is 0 Å². The summed E-state index contributed by atoms with van der Waals surface area (Å²) in [5, 5.41) is 0. The predicted molar refractivity (Wildman–Crippen MR) is 58.4 cm³/mol. The van der Waals surface area contributed by atoms with Gasteiger partial charge >= 0.3 is 18.0 Å². The molecule has 0 spiro atoms. The molecule has 0 aromatic heterocycles. The van der Waals surface area contributed by atoms with Gasteiger partial charge in [-0.05, 0) is 18.3 Å². The van der Waals surface area contributed by atoms with Crippen LogP contribution in [-0.2, 0) is 0 Å². The van der Waals surface area contributed by atoms with Crippen molar-refractivity contribution >= 4 is 0 Å². The van der Waals surface area contributed by atoms with Gasteiger partial charge in [0, 0.05) is 6.42 Å². The van der Waals surface area contributed by atoms with E-state index in [1.165, 1.54) is 0 Å². The molecule has 19 heavy (non-hydrogen) atoms. The van der Waals surface area contributed by atoms with E-state index in [1.807, 2.05) is 0 Å². The molecular formula is C12H19F7. The highest BCUT2D eigenvalue weighted by Crippen LogP contribution is 2.49. The average molecular weight is 296 g/mol. The lowest BCUT2D eigenvalue weighted by Gasteiger charge is -2.30. The Balaban J connectivity index is 4.77. The SMILES string of the molecule is CCCC(CCC(F)(F)C(F)(F)C(F)(F)F)C(C)C. The molecule has 0 rings (SSSR count). The lowest BCUT2D eigenvalue weighted by atomic mass is 9.85. The van der Waals surface area contributed by atoms with Crippen LogP contribution in [-0.4, -0.2) is 18.0 Å². The van der Waals surface area contributed by atoms with E-state index in [2.05, 4.69) is 0 Å². The van der Waals surface area contributed by atoms with Crippen LogP contribution in [0.15, 0.2) is 0 Å². The summed E-state index contributed by atoms with van der Waals surface area (Å²) < 4.78 is 87.3. The van der Waals surface area contributed by atoms with Gasteiger partial charge in [-0.15, -0.1) is 0 Å². The molecule has 0 aromatic rings. The molecule has 0 aliphatic carbocycles. The van der Waals surface area contributed by atoms with E-state index in [-0.39, 0.29) is 18.3 Å². The first-order chi connectivity index (χ1) is 8.37. The second kappa shape index (κ2) is 6.31. The zero-order valence-corrected chi connectivity index (χ0v) is 11.1. The van der Waals surface area contributed by atoms with Crippen LogP contribution in [0.4, 0.5) is 30.7 Å². The molecule has 1 unspecified atom stereocenters. The normalized spacial score (nSPS) is 15.9. The fourth-order valence-electron chi connectivity index (χ4n) is 1.91. The Labute approximate surface area is 108 Å². The van der Waals surface area contributed by atoms with Crippen LogP contribution >= 0.6 is 0 Å².